The van der Waals surface area contributed by atoms with Crippen LogP contribution in [0.4, 0.5) is 11.4 Å². The van der Waals surface area contributed by atoms with Gasteiger partial charge in [0, 0.05) is 36.4 Å². The Morgan fingerprint density at radius 1 is 0.905 bits per heavy atom. The third-order valence-corrected chi connectivity index (χ3v) is 5.57. The van der Waals surface area contributed by atoms with Crippen LogP contribution in [0.2, 0.25) is 0 Å². The molecule has 0 bridgehead atoms. The number of anilines is 2. The van der Waals surface area contributed by atoms with Gasteiger partial charge in [-0.25, -0.2) is 0 Å². The van der Waals surface area contributed by atoms with Gasteiger partial charge in [0.05, 0.1) is 11.4 Å². The van der Waals surface area contributed by atoms with Gasteiger partial charge in [-0.2, -0.15) is 0 Å². The molecular formula is C18H34N2Si. The van der Waals surface area contributed by atoms with E-state index in [1.165, 1.54) is 17.8 Å². The van der Waals surface area contributed by atoms with E-state index in [2.05, 4.69) is 63.5 Å². The quantitative estimate of drug-likeness (QED) is 0.682. The van der Waals surface area contributed by atoms with Crippen LogP contribution in [0.3, 0.4) is 0 Å². The van der Waals surface area contributed by atoms with E-state index in [-0.39, 0.29) is 0 Å². The summed E-state index contributed by atoms with van der Waals surface area (Å²) >= 11 is 0. The minimum atomic E-state index is 0.642. The lowest BCUT2D eigenvalue weighted by Gasteiger charge is -2.34. The molecule has 1 aromatic rings. The fraction of sp³-hybridized carbons (Fsp3) is 0.667. The van der Waals surface area contributed by atoms with Gasteiger partial charge in [0.2, 0.25) is 0 Å². The summed E-state index contributed by atoms with van der Waals surface area (Å²) in [6.45, 7) is 18.1. The number of hydrogen-bond acceptors (Lipinski definition) is 2. The van der Waals surface area contributed by atoms with Gasteiger partial charge in [-0.15, -0.1) is 0 Å². The van der Waals surface area contributed by atoms with Crippen LogP contribution in [0.25, 0.3) is 0 Å². The molecule has 0 aromatic heterocycles. The van der Waals surface area contributed by atoms with Gasteiger partial charge < -0.3 is 9.80 Å². The number of hydrogen-bond donors (Lipinski definition) is 0. The maximum Gasteiger partial charge on any atom is 0.0637 e. The Morgan fingerprint density at radius 3 is 1.86 bits per heavy atom. The van der Waals surface area contributed by atoms with Crippen molar-refractivity contribution in [2.24, 2.45) is 0 Å². The second-order valence-corrected chi connectivity index (χ2v) is 6.90. The second-order valence-electron chi connectivity index (χ2n) is 5.82. The zero-order valence-corrected chi connectivity index (χ0v) is 17.2. The van der Waals surface area contributed by atoms with Crippen molar-refractivity contribution in [1.82, 2.24) is 0 Å². The Bertz CT molecular complexity index is 437. The molecule has 0 spiro atoms. The summed E-state index contributed by atoms with van der Waals surface area (Å²) in [7, 11) is 1.13. The lowest BCUT2D eigenvalue weighted by atomic mass is 9.94. The number of rotatable bonds is 8. The van der Waals surface area contributed by atoms with Crippen molar-refractivity contribution in [2.75, 3.05) is 36.0 Å². The van der Waals surface area contributed by atoms with Gasteiger partial charge in [-0.3, -0.25) is 0 Å². The van der Waals surface area contributed by atoms with Crippen LogP contribution in [-0.4, -0.2) is 36.4 Å². The molecule has 0 saturated heterocycles. The average molecular weight is 307 g/mol. The molecule has 1 atom stereocenters. The summed E-state index contributed by atoms with van der Waals surface area (Å²) in [6.07, 6.45) is 1.21. The van der Waals surface area contributed by atoms with E-state index < -0.39 is 0 Å². The van der Waals surface area contributed by atoms with Crippen LogP contribution in [0.1, 0.15) is 59.4 Å². The highest BCUT2D eigenvalue weighted by molar-refractivity contribution is 6.34. The largest absolute Gasteiger partial charge is 0.370 e. The van der Waals surface area contributed by atoms with E-state index in [4.69, 9.17) is 0 Å². The average Bonchev–Trinajstić information content (AvgIpc) is 2.50. The highest BCUT2D eigenvalue weighted by Gasteiger charge is 2.21. The zero-order chi connectivity index (χ0) is 16.0. The van der Waals surface area contributed by atoms with Crippen molar-refractivity contribution in [2.45, 2.75) is 53.9 Å². The minimum Gasteiger partial charge on any atom is -0.370 e. The van der Waals surface area contributed by atoms with Gasteiger partial charge >= 0.3 is 0 Å². The molecule has 0 fully saturated rings. The monoisotopic (exact) mass is 306 g/mol. The van der Waals surface area contributed by atoms with E-state index in [1.54, 1.807) is 10.8 Å². The Morgan fingerprint density at radius 2 is 1.43 bits per heavy atom. The lowest BCUT2D eigenvalue weighted by molar-refractivity contribution is 0.726. The van der Waals surface area contributed by atoms with Crippen molar-refractivity contribution in [3.63, 3.8) is 0 Å². The first-order valence-corrected chi connectivity index (χ1v) is 9.68. The maximum atomic E-state index is 2.55. The lowest BCUT2D eigenvalue weighted by Crippen LogP contribution is -2.32. The van der Waals surface area contributed by atoms with Crippen LogP contribution in [-0.2, 0) is 0 Å². The fourth-order valence-corrected chi connectivity index (χ4v) is 4.11. The molecule has 0 amide bonds. The second kappa shape index (κ2) is 8.47. The van der Waals surface area contributed by atoms with Crippen molar-refractivity contribution in [1.29, 1.82) is 0 Å². The van der Waals surface area contributed by atoms with Crippen molar-refractivity contribution in [3.8, 4) is 0 Å². The van der Waals surface area contributed by atoms with Crippen LogP contribution in [0, 0.1) is 0 Å². The molecule has 0 N–H and O–H groups in total. The van der Waals surface area contributed by atoms with Crippen molar-refractivity contribution in [3.05, 3.63) is 17.7 Å². The van der Waals surface area contributed by atoms with E-state index >= 15 is 0 Å². The van der Waals surface area contributed by atoms with E-state index in [9.17, 15) is 0 Å². The normalized spacial score (nSPS) is 12.5. The maximum absolute atomic E-state index is 2.55. The summed E-state index contributed by atoms with van der Waals surface area (Å²) in [5.74, 6) is 0.642. The minimum absolute atomic E-state index is 0.642. The zero-order valence-electron chi connectivity index (χ0n) is 15.2. The Hall–Kier alpha value is -0.963. The van der Waals surface area contributed by atoms with Gasteiger partial charge in [0.1, 0.15) is 0 Å². The van der Waals surface area contributed by atoms with Gasteiger partial charge in [-0.1, -0.05) is 25.1 Å². The first-order valence-electron chi connectivity index (χ1n) is 8.68. The first-order chi connectivity index (χ1) is 10.0. The van der Waals surface area contributed by atoms with Crippen LogP contribution < -0.4 is 15.0 Å². The predicted octanol–water partition coefficient (Wildman–Crippen LogP) is 2.88. The van der Waals surface area contributed by atoms with E-state index in [0.717, 1.165) is 36.4 Å². The topological polar surface area (TPSA) is 6.48 Å². The molecule has 2 nitrogen and oxygen atoms in total. The molecule has 0 aliphatic heterocycles. The molecule has 0 aliphatic carbocycles. The Balaban J connectivity index is 3.57. The van der Waals surface area contributed by atoms with Crippen LogP contribution in [0.5, 0.6) is 0 Å². The van der Waals surface area contributed by atoms with E-state index in [0.29, 0.717) is 5.92 Å². The molecule has 1 unspecified atom stereocenters. The van der Waals surface area contributed by atoms with Gasteiger partial charge in [0.25, 0.3) is 0 Å². The SMILES string of the molecule is CCC(C)c1c([SiH3])ccc(N(CC)CC)c1N(CC)CC. The smallest absolute Gasteiger partial charge is 0.0637 e. The molecule has 1 aromatic carbocycles. The summed E-state index contributed by atoms with van der Waals surface area (Å²) in [5.41, 5.74) is 4.54. The first kappa shape index (κ1) is 18.1. The molecule has 0 saturated carbocycles. The number of nitrogens with zero attached hydrogens (tertiary/aromatic N) is 2. The summed E-state index contributed by atoms with van der Waals surface area (Å²) in [5, 5.41) is 1.57. The highest BCUT2D eigenvalue weighted by atomic mass is 28.1. The van der Waals surface area contributed by atoms with E-state index in [1.807, 2.05) is 0 Å². The molecule has 0 radical (unpaired) electrons. The molecule has 0 heterocycles. The Kier molecular flexibility index (Phi) is 7.30. The van der Waals surface area contributed by atoms with Crippen molar-refractivity contribution >= 4 is 26.8 Å². The van der Waals surface area contributed by atoms with Gasteiger partial charge in [-0.05, 0) is 51.7 Å². The Labute approximate surface area is 135 Å². The molecule has 0 aliphatic rings. The predicted molar refractivity (Wildman–Crippen MR) is 102 cm³/mol. The summed E-state index contributed by atoms with van der Waals surface area (Å²) in [6, 6.07) is 4.73. The van der Waals surface area contributed by atoms with Crippen LogP contribution >= 0.6 is 0 Å². The molecule has 1 rings (SSSR count). The van der Waals surface area contributed by atoms with Crippen molar-refractivity contribution < 1.29 is 0 Å². The molecular weight excluding hydrogens is 272 g/mol. The summed E-state index contributed by atoms with van der Waals surface area (Å²) in [4.78, 5) is 5.05. The molecule has 3 heteroatoms. The third-order valence-electron chi connectivity index (χ3n) is 4.70. The molecule has 120 valence electrons. The summed E-state index contributed by atoms with van der Waals surface area (Å²) < 4.78 is 0. The number of benzene rings is 1. The molecule has 21 heavy (non-hydrogen) atoms. The van der Waals surface area contributed by atoms with Gasteiger partial charge in [0.15, 0.2) is 0 Å². The fourth-order valence-electron chi connectivity index (χ4n) is 3.22. The standard InChI is InChI=1S/C18H34N2Si/c1-7-14(6)17-16(21)13-12-15(19(8-2)9-3)18(17)20(10-4)11-5/h12-14H,7-11H2,1-6,21H3. The third kappa shape index (κ3) is 3.82. The highest BCUT2D eigenvalue weighted by Crippen LogP contribution is 2.36. The van der Waals surface area contributed by atoms with Crippen LogP contribution in [0.15, 0.2) is 12.1 Å².